The van der Waals surface area contributed by atoms with Crippen molar-refractivity contribution < 1.29 is 9.84 Å². The summed E-state index contributed by atoms with van der Waals surface area (Å²) in [6.45, 7) is 6.97. The van der Waals surface area contributed by atoms with E-state index in [1.54, 1.807) is 0 Å². The molecular formula is C15H22O2. The molecule has 2 nitrogen and oxygen atoms in total. The van der Waals surface area contributed by atoms with Gasteiger partial charge in [-0.15, -0.1) is 0 Å². The Morgan fingerprint density at radius 3 is 2.65 bits per heavy atom. The zero-order valence-electron chi connectivity index (χ0n) is 10.9. The normalized spacial score (nSPS) is 17.9. The quantitative estimate of drug-likeness (QED) is 0.867. The molecular weight excluding hydrogens is 212 g/mol. The lowest BCUT2D eigenvalue weighted by molar-refractivity contribution is 0.0893. The van der Waals surface area contributed by atoms with Crippen molar-refractivity contribution in [1.29, 1.82) is 0 Å². The second-order valence-electron chi connectivity index (χ2n) is 5.99. The third-order valence-corrected chi connectivity index (χ3v) is 3.29. The standard InChI is InChI=1S/C15H22O2/c1-15(2,3)12-5-4-6-13(9-12)17-10-14(16)11-7-8-11/h4-6,9,11,14,16H,7-8,10H2,1-3H3. The van der Waals surface area contributed by atoms with Crippen LogP contribution in [0.2, 0.25) is 0 Å². The van der Waals surface area contributed by atoms with Gasteiger partial charge in [0.05, 0.1) is 6.10 Å². The van der Waals surface area contributed by atoms with Crippen molar-refractivity contribution in [3.05, 3.63) is 29.8 Å². The van der Waals surface area contributed by atoms with Gasteiger partial charge in [0, 0.05) is 0 Å². The van der Waals surface area contributed by atoms with E-state index in [2.05, 4.69) is 32.9 Å². The lowest BCUT2D eigenvalue weighted by atomic mass is 9.87. The van der Waals surface area contributed by atoms with Crippen LogP contribution < -0.4 is 4.74 Å². The molecule has 1 atom stereocenters. The Morgan fingerprint density at radius 1 is 1.35 bits per heavy atom. The van der Waals surface area contributed by atoms with Crippen LogP contribution in [0, 0.1) is 5.92 Å². The van der Waals surface area contributed by atoms with Gasteiger partial charge < -0.3 is 9.84 Å². The monoisotopic (exact) mass is 234 g/mol. The summed E-state index contributed by atoms with van der Waals surface area (Å²) in [7, 11) is 0. The summed E-state index contributed by atoms with van der Waals surface area (Å²) in [5, 5.41) is 9.75. The Balaban J connectivity index is 1.96. The summed E-state index contributed by atoms with van der Waals surface area (Å²) >= 11 is 0. The highest BCUT2D eigenvalue weighted by Crippen LogP contribution is 2.33. The number of aliphatic hydroxyl groups excluding tert-OH is 1. The topological polar surface area (TPSA) is 29.5 Å². The first-order chi connectivity index (χ1) is 7.97. The van der Waals surface area contributed by atoms with Gasteiger partial charge in [0.15, 0.2) is 0 Å². The molecule has 17 heavy (non-hydrogen) atoms. The van der Waals surface area contributed by atoms with E-state index in [1.807, 2.05) is 12.1 Å². The van der Waals surface area contributed by atoms with Gasteiger partial charge in [-0.1, -0.05) is 32.9 Å². The molecule has 0 aromatic heterocycles. The van der Waals surface area contributed by atoms with Crippen molar-refractivity contribution in [2.75, 3.05) is 6.61 Å². The summed E-state index contributed by atoms with van der Waals surface area (Å²) in [6.07, 6.45) is 1.99. The lowest BCUT2D eigenvalue weighted by Crippen LogP contribution is -2.19. The molecule has 1 aliphatic rings. The van der Waals surface area contributed by atoms with Crippen LogP contribution in [0.1, 0.15) is 39.2 Å². The van der Waals surface area contributed by atoms with E-state index in [0.29, 0.717) is 12.5 Å². The second-order valence-corrected chi connectivity index (χ2v) is 5.99. The predicted molar refractivity (Wildman–Crippen MR) is 69.4 cm³/mol. The third-order valence-electron chi connectivity index (χ3n) is 3.29. The number of aliphatic hydroxyl groups is 1. The van der Waals surface area contributed by atoms with Crippen molar-refractivity contribution in [1.82, 2.24) is 0 Å². The van der Waals surface area contributed by atoms with E-state index in [4.69, 9.17) is 4.74 Å². The van der Waals surface area contributed by atoms with E-state index < -0.39 is 0 Å². The van der Waals surface area contributed by atoms with Crippen molar-refractivity contribution in [3.8, 4) is 5.75 Å². The zero-order chi connectivity index (χ0) is 12.5. The summed E-state index contributed by atoms with van der Waals surface area (Å²) in [6, 6.07) is 8.15. The first kappa shape index (κ1) is 12.4. The van der Waals surface area contributed by atoms with Gasteiger partial charge in [-0.2, -0.15) is 0 Å². The van der Waals surface area contributed by atoms with Gasteiger partial charge >= 0.3 is 0 Å². The maximum Gasteiger partial charge on any atom is 0.119 e. The fraction of sp³-hybridized carbons (Fsp3) is 0.600. The molecule has 94 valence electrons. The summed E-state index contributed by atoms with van der Waals surface area (Å²) in [5.74, 6) is 1.33. The molecule has 1 unspecified atom stereocenters. The lowest BCUT2D eigenvalue weighted by Gasteiger charge is -2.20. The van der Waals surface area contributed by atoms with E-state index in [-0.39, 0.29) is 11.5 Å². The molecule has 2 heteroatoms. The molecule has 1 aromatic carbocycles. The van der Waals surface area contributed by atoms with Crippen molar-refractivity contribution in [2.24, 2.45) is 5.92 Å². The van der Waals surface area contributed by atoms with Crippen molar-refractivity contribution >= 4 is 0 Å². The minimum atomic E-state index is -0.298. The van der Waals surface area contributed by atoms with Gasteiger partial charge in [0.2, 0.25) is 0 Å². The van der Waals surface area contributed by atoms with E-state index in [9.17, 15) is 5.11 Å². The molecule has 1 aromatic rings. The number of benzene rings is 1. The van der Waals surface area contributed by atoms with Crippen LogP contribution >= 0.6 is 0 Å². The molecule has 1 saturated carbocycles. The molecule has 0 amide bonds. The SMILES string of the molecule is CC(C)(C)c1cccc(OCC(O)C2CC2)c1. The summed E-state index contributed by atoms with van der Waals surface area (Å²) < 4.78 is 5.65. The average Bonchev–Trinajstić information content (AvgIpc) is 3.09. The maximum atomic E-state index is 9.75. The first-order valence-corrected chi connectivity index (χ1v) is 6.38. The van der Waals surface area contributed by atoms with E-state index in [0.717, 1.165) is 18.6 Å². The molecule has 1 fully saturated rings. The van der Waals surface area contributed by atoms with Crippen molar-refractivity contribution in [2.45, 2.75) is 45.1 Å². The fourth-order valence-corrected chi connectivity index (χ4v) is 1.85. The Kier molecular flexibility index (Phi) is 3.43. The average molecular weight is 234 g/mol. The second kappa shape index (κ2) is 4.69. The van der Waals surface area contributed by atoms with Gasteiger partial charge in [0.1, 0.15) is 12.4 Å². The Hall–Kier alpha value is -1.02. The molecule has 0 radical (unpaired) electrons. The van der Waals surface area contributed by atoms with Gasteiger partial charge in [0.25, 0.3) is 0 Å². The largest absolute Gasteiger partial charge is 0.491 e. The van der Waals surface area contributed by atoms with Crippen LogP contribution in [-0.4, -0.2) is 17.8 Å². The molecule has 0 spiro atoms. The van der Waals surface area contributed by atoms with Crippen LogP contribution in [0.3, 0.4) is 0 Å². The van der Waals surface area contributed by atoms with E-state index in [1.165, 1.54) is 5.56 Å². The van der Waals surface area contributed by atoms with Crippen LogP contribution in [-0.2, 0) is 5.41 Å². The van der Waals surface area contributed by atoms with Gasteiger partial charge in [-0.3, -0.25) is 0 Å². The van der Waals surface area contributed by atoms with Crippen LogP contribution in [0.25, 0.3) is 0 Å². The molecule has 0 aliphatic heterocycles. The van der Waals surface area contributed by atoms with Crippen molar-refractivity contribution in [3.63, 3.8) is 0 Å². The highest BCUT2D eigenvalue weighted by molar-refractivity contribution is 5.32. The summed E-state index contributed by atoms with van der Waals surface area (Å²) in [5.41, 5.74) is 1.39. The Labute approximate surface area is 104 Å². The number of ether oxygens (including phenoxy) is 1. The number of hydrogen-bond donors (Lipinski definition) is 1. The highest BCUT2D eigenvalue weighted by atomic mass is 16.5. The minimum absolute atomic E-state index is 0.133. The smallest absolute Gasteiger partial charge is 0.119 e. The Bertz CT molecular complexity index is 375. The number of rotatable bonds is 4. The van der Waals surface area contributed by atoms with Crippen LogP contribution in [0.5, 0.6) is 5.75 Å². The summed E-state index contributed by atoms with van der Waals surface area (Å²) in [4.78, 5) is 0. The van der Waals surface area contributed by atoms with Crippen LogP contribution in [0.4, 0.5) is 0 Å². The Morgan fingerprint density at radius 2 is 2.06 bits per heavy atom. The fourth-order valence-electron chi connectivity index (χ4n) is 1.85. The molecule has 2 rings (SSSR count). The molecule has 1 N–H and O–H groups in total. The molecule has 0 saturated heterocycles. The first-order valence-electron chi connectivity index (χ1n) is 6.38. The van der Waals surface area contributed by atoms with Crippen LogP contribution in [0.15, 0.2) is 24.3 Å². The number of hydrogen-bond acceptors (Lipinski definition) is 2. The zero-order valence-corrected chi connectivity index (χ0v) is 10.9. The molecule has 0 bridgehead atoms. The van der Waals surface area contributed by atoms with E-state index >= 15 is 0 Å². The molecule has 1 aliphatic carbocycles. The van der Waals surface area contributed by atoms with Gasteiger partial charge in [-0.25, -0.2) is 0 Å². The minimum Gasteiger partial charge on any atom is -0.491 e. The third kappa shape index (κ3) is 3.47. The molecule has 0 heterocycles. The highest BCUT2D eigenvalue weighted by Gasteiger charge is 2.30. The van der Waals surface area contributed by atoms with Gasteiger partial charge in [-0.05, 0) is 41.9 Å². The maximum absolute atomic E-state index is 9.75. The predicted octanol–water partition coefficient (Wildman–Crippen LogP) is 3.13.